The van der Waals surface area contributed by atoms with Gasteiger partial charge in [-0.15, -0.1) is 0 Å². The highest BCUT2D eigenvalue weighted by atomic mass is 15.3. The normalized spacial score (nSPS) is 10.8. The molecular formula is C14H19N3. The minimum atomic E-state index is 0.815. The van der Waals surface area contributed by atoms with Crippen molar-refractivity contribution in [2.24, 2.45) is 0 Å². The van der Waals surface area contributed by atoms with E-state index < -0.39 is 0 Å². The van der Waals surface area contributed by atoms with Crippen LogP contribution in [0.3, 0.4) is 0 Å². The number of anilines is 1. The number of aromatic nitrogens is 2. The molecule has 0 aliphatic heterocycles. The summed E-state index contributed by atoms with van der Waals surface area (Å²) in [5, 5.41) is 4.58. The molecule has 0 fully saturated rings. The van der Waals surface area contributed by atoms with Gasteiger partial charge in [0, 0.05) is 29.1 Å². The first-order valence-corrected chi connectivity index (χ1v) is 6.04. The lowest BCUT2D eigenvalue weighted by atomic mass is 10.0. The van der Waals surface area contributed by atoms with Crippen molar-refractivity contribution >= 4 is 5.69 Å². The zero-order valence-corrected chi connectivity index (χ0v) is 10.7. The molecule has 0 saturated heterocycles. The maximum Gasteiger partial charge on any atom is 0.0675 e. The van der Waals surface area contributed by atoms with Gasteiger partial charge in [0.15, 0.2) is 0 Å². The molecule has 1 aromatic carbocycles. The molecule has 0 saturated carbocycles. The van der Waals surface area contributed by atoms with E-state index in [0.717, 1.165) is 29.9 Å². The van der Waals surface area contributed by atoms with E-state index in [1.54, 1.807) is 0 Å². The lowest BCUT2D eigenvalue weighted by molar-refractivity contribution is 0.583. The van der Waals surface area contributed by atoms with Gasteiger partial charge >= 0.3 is 0 Å². The Morgan fingerprint density at radius 3 is 2.59 bits per heavy atom. The van der Waals surface area contributed by atoms with Crippen LogP contribution in [-0.4, -0.2) is 9.78 Å². The number of hydrogen-bond donors (Lipinski definition) is 1. The van der Waals surface area contributed by atoms with Crippen LogP contribution in [0, 0.1) is 13.8 Å². The first kappa shape index (κ1) is 11.7. The minimum absolute atomic E-state index is 0.815. The van der Waals surface area contributed by atoms with Crippen molar-refractivity contribution in [2.75, 3.05) is 5.73 Å². The molecule has 0 unspecified atom stereocenters. The standard InChI is InChI=1S/C14H19N3/c1-4-9-17-11(3)14(10(2)16-17)12-7-5-6-8-13(12)15/h5-8H,4,9,15H2,1-3H3. The number of para-hydroxylation sites is 1. The first-order valence-electron chi connectivity index (χ1n) is 6.04. The first-order chi connectivity index (χ1) is 8.15. The van der Waals surface area contributed by atoms with E-state index in [1.165, 1.54) is 11.3 Å². The average molecular weight is 229 g/mol. The topological polar surface area (TPSA) is 43.8 Å². The third-order valence-corrected chi connectivity index (χ3v) is 3.05. The second-order valence-corrected chi connectivity index (χ2v) is 4.36. The zero-order chi connectivity index (χ0) is 12.4. The highest BCUT2D eigenvalue weighted by Crippen LogP contribution is 2.31. The highest BCUT2D eigenvalue weighted by Gasteiger charge is 2.14. The van der Waals surface area contributed by atoms with Gasteiger partial charge in [-0.1, -0.05) is 25.1 Å². The highest BCUT2D eigenvalue weighted by molar-refractivity contribution is 5.79. The SMILES string of the molecule is CCCn1nc(C)c(-c2ccccc2N)c1C. The molecule has 0 spiro atoms. The van der Waals surface area contributed by atoms with E-state index in [2.05, 4.69) is 29.7 Å². The summed E-state index contributed by atoms with van der Waals surface area (Å²) in [5.74, 6) is 0. The molecule has 0 aliphatic rings. The molecule has 17 heavy (non-hydrogen) atoms. The predicted molar refractivity (Wildman–Crippen MR) is 71.8 cm³/mol. The summed E-state index contributed by atoms with van der Waals surface area (Å²) in [6.07, 6.45) is 1.09. The van der Waals surface area contributed by atoms with Crippen LogP contribution in [0.15, 0.2) is 24.3 Å². The Labute approximate surface area is 102 Å². The molecule has 2 rings (SSSR count). The Hall–Kier alpha value is -1.77. The molecule has 0 aliphatic carbocycles. The van der Waals surface area contributed by atoms with Crippen molar-refractivity contribution in [3.05, 3.63) is 35.7 Å². The maximum absolute atomic E-state index is 6.04. The summed E-state index contributed by atoms with van der Waals surface area (Å²) in [5.41, 5.74) is 11.4. The molecule has 0 bridgehead atoms. The summed E-state index contributed by atoms with van der Waals surface area (Å²) in [6.45, 7) is 7.27. The average Bonchev–Trinajstić information content (AvgIpc) is 2.57. The molecule has 3 nitrogen and oxygen atoms in total. The van der Waals surface area contributed by atoms with Gasteiger partial charge in [0.25, 0.3) is 0 Å². The molecule has 0 radical (unpaired) electrons. The van der Waals surface area contributed by atoms with Crippen molar-refractivity contribution in [2.45, 2.75) is 33.7 Å². The quantitative estimate of drug-likeness (QED) is 0.822. The van der Waals surface area contributed by atoms with Crippen molar-refractivity contribution in [3.63, 3.8) is 0 Å². The van der Waals surface area contributed by atoms with E-state index in [1.807, 2.05) is 25.1 Å². The van der Waals surface area contributed by atoms with Crippen molar-refractivity contribution in [1.82, 2.24) is 9.78 Å². The van der Waals surface area contributed by atoms with Gasteiger partial charge in [-0.3, -0.25) is 4.68 Å². The van der Waals surface area contributed by atoms with Crippen LogP contribution in [0.2, 0.25) is 0 Å². The molecule has 0 atom stereocenters. The number of nitrogens with two attached hydrogens (primary N) is 1. The van der Waals surface area contributed by atoms with Gasteiger partial charge in [-0.05, 0) is 26.3 Å². The summed E-state index contributed by atoms with van der Waals surface area (Å²) in [6, 6.07) is 7.97. The Bertz CT molecular complexity index is 526. The maximum atomic E-state index is 6.04. The number of nitrogen functional groups attached to an aromatic ring is 1. The largest absolute Gasteiger partial charge is 0.398 e. The number of benzene rings is 1. The van der Waals surface area contributed by atoms with Gasteiger partial charge < -0.3 is 5.73 Å². The zero-order valence-electron chi connectivity index (χ0n) is 10.7. The van der Waals surface area contributed by atoms with Crippen LogP contribution in [0.4, 0.5) is 5.69 Å². The lowest BCUT2D eigenvalue weighted by Gasteiger charge is -2.06. The van der Waals surface area contributed by atoms with Crippen molar-refractivity contribution in [3.8, 4) is 11.1 Å². The lowest BCUT2D eigenvalue weighted by Crippen LogP contribution is -2.01. The third-order valence-electron chi connectivity index (χ3n) is 3.05. The molecule has 3 heteroatoms. The van der Waals surface area contributed by atoms with Crippen LogP contribution < -0.4 is 5.73 Å². The van der Waals surface area contributed by atoms with E-state index in [4.69, 9.17) is 5.73 Å². The summed E-state index contributed by atoms with van der Waals surface area (Å²) in [4.78, 5) is 0. The molecule has 2 aromatic rings. The van der Waals surface area contributed by atoms with E-state index >= 15 is 0 Å². The Balaban J connectivity index is 2.56. The molecule has 0 amide bonds. The monoisotopic (exact) mass is 229 g/mol. The molecule has 90 valence electrons. The minimum Gasteiger partial charge on any atom is -0.398 e. The van der Waals surface area contributed by atoms with E-state index in [0.29, 0.717) is 0 Å². The van der Waals surface area contributed by atoms with Crippen molar-refractivity contribution < 1.29 is 0 Å². The number of hydrogen-bond acceptors (Lipinski definition) is 2. The predicted octanol–water partition coefficient (Wildman–Crippen LogP) is 3.16. The van der Waals surface area contributed by atoms with Crippen LogP contribution in [0.25, 0.3) is 11.1 Å². The van der Waals surface area contributed by atoms with Crippen molar-refractivity contribution in [1.29, 1.82) is 0 Å². The smallest absolute Gasteiger partial charge is 0.0675 e. The second kappa shape index (κ2) is 4.62. The Morgan fingerprint density at radius 1 is 1.24 bits per heavy atom. The fraction of sp³-hybridized carbons (Fsp3) is 0.357. The second-order valence-electron chi connectivity index (χ2n) is 4.36. The Morgan fingerprint density at radius 2 is 1.94 bits per heavy atom. The summed E-state index contributed by atoms with van der Waals surface area (Å²) in [7, 11) is 0. The fourth-order valence-electron chi connectivity index (χ4n) is 2.24. The summed E-state index contributed by atoms with van der Waals surface area (Å²) < 4.78 is 2.07. The number of nitrogens with zero attached hydrogens (tertiary/aromatic N) is 2. The van der Waals surface area contributed by atoms with Crippen LogP contribution in [0.5, 0.6) is 0 Å². The molecule has 1 heterocycles. The van der Waals surface area contributed by atoms with E-state index in [9.17, 15) is 0 Å². The van der Waals surface area contributed by atoms with Gasteiger partial charge in [0.2, 0.25) is 0 Å². The van der Waals surface area contributed by atoms with Gasteiger partial charge in [-0.2, -0.15) is 5.10 Å². The van der Waals surface area contributed by atoms with E-state index in [-0.39, 0.29) is 0 Å². The van der Waals surface area contributed by atoms with Gasteiger partial charge in [-0.25, -0.2) is 0 Å². The summed E-state index contributed by atoms with van der Waals surface area (Å²) >= 11 is 0. The van der Waals surface area contributed by atoms with Crippen LogP contribution in [0.1, 0.15) is 24.7 Å². The Kier molecular flexibility index (Phi) is 3.18. The van der Waals surface area contributed by atoms with Crippen LogP contribution in [-0.2, 0) is 6.54 Å². The van der Waals surface area contributed by atoms with Crippen LogP contribution >= 0.6 is 0 Å². The molecule has 1 aromatic heterocycles. The number of rotatable bonds is 3. The molecular weight excluding hydrogens is 210 g/mol. The van der Waals surface area contributed by atoms with Gasteiger partial charge in [0.1, 0.15) is 0 Å². The van der Waals surface area contributed by atoms with Gasteiger partial charge in [0.05, 0.1) is 5.69 Å². The fourth-order valence-corrected chi connectivity index (χ4v) is 2.24. The molecule has 2 N–H and O–H groups in total. The number of aryl methyl sites for hydroxylation is 2. The third kappa shape index (κ3) is 2.05.